The molecule has 1 aliphatic heterocycles. The molecule has 1 aliphatic rings. The lowest BCUT2D eigenvalue weighted by molar-refractivity contribution is -0.116. The van der Waals surface area contributed by atoms with Crippen LogP contribution < -0.4 is 10.9 Å². The van der Waals surface area contributed by atoms with E-state index < -0.39 is 0 Å². The molecular formula is C21H16FN5O3. The number of H-pyrrole nitrogens is 1. The number of amides is 1. The van der Waals surface area contributed by atoms with E-state index >= 15 is 0 Å². The third kappa shape index (κ3) is 2.91. The SMILES string of the molecule is Cc1nn(-c2ccc(=O)[nH]n2)c2c1[C@@H](c1ccc(-c3ccccc3F)o1)CC(=O)N2. The molecule has 0 spiro atoms. The number of nitrogens with one attached hydrogen (secondary N) is 2. The first kappa shape index (κ1) is 18.0. The largest absolute Gasteiger partial charge is 0.460 e. The van der Waals surface area contributed by atoms with Gasteiger partial charge in [-0.1, -0.05) is 12.1 Å². The fourth-order valence-electron chi connectivity index (χ4n) is 3.76. The van der Waals surface area contributed by atoms with Crippen LogP contribution in [-0.4, -0.2) is 25.9 Å². The van der Waals surface area contributed by atoms with Gasteiger partial charge in [0.25, 0.3) is 5.56 Å². The third-order valence-electron chi connectivity index (χ3n) is 5.09. The smallest absolute Gasteiger partial charge is 0.264 e. The second-order valence-electron chi connectivity index (χ2n) is 7.03. The molecular weight excluding hydrogens is 389 g/mol. The van der Waals surface area contributed by atoms with E-state index in [0.29, 0.717) is 34.4 Å². The molecule has 0 saturated carbocycles. The Hall–Kier alpha value is -4.01. The molecule has 0 aliphatic carbocycles. The van der Waals surface area contributed by atoms with Gasteiger partial charge in [-0.2, -0.15) is 14.9 Å². The van der Waals surface area contributed by atoms with Gasteiger partial charge in [-0.15, -0.1) is 0 Å². The van der Waals surface area contributed by atoms with Crippen molar-refractivity contribution in [2.24, 2.45) is 0 Å². The Kier molecular flexibility index (Phi) is 4.09. The maximum absolute atomic E-state index is 14.1. The van der Waals surface area contributed by atoms with Gasteiger partial charge in [0.15, 0.2) is 5.82 Å². The van der Waals surface area contributed by atoms with E-state index in [2.05, 4.69) is 20.6 Å². The molecule has 2 N–H and O–H groups in total. The standard InChI is InChI=1S/C21H16FN5O3/c1-11-20-13(16-7-6-15(30-16)12-4-2-3-5-14(12)22)10-19(29)23-21(20)27(26-11)17-8-9-18(28)25-24-17/h2-9,13H,10H2,1H3,(H,23,29)(H,25,28)/t13-/m1/s1. The van der Waals surface area contributed by atoms with Gasteiger partial charge < -0.3 is 9.73 Å². The zero-order valence-corrected chi connectivity index (χ0v) is 15.8. The van der Waals surface area contributed by atoms with Gasteiger partial charge in [0, 0.05) is 18.1 Å². The van der Waals surface area contributed by atoms with Crippen molar-refractivity contribution >= 4 is 11.7 Å². The van der Waals surface area contributed by atoms with Gasteiger partial charge in [0.05, 0.1) is 17.2 Å². The quantitative estimate of drug-likeness (QED) is 0.545. The molecule has 9 heteroatoms. The number of aromatic nitrogens is 4. The minimum atomic E-state index is -0.384. The number of halogens is 1. The summed E-state index contributed by atoms with van der Waals surface area (Å²) in [5, 5.41) is 13.7. The van der Waals surface area contributed by atoms with E-state index in [-0.39, 0.29) is 29.6 Å². The van der Waals surface area contributed by atoms with Gasteiger partial charge in [-0.05, 0) is 37.3 Å². The minimum Gasteiger partial charge on any atom is -0.460 e. The topological polar surface area (TPSA) is 106 Å². The van der Waals surface area contributed by atoms with Crippen LogP contribution in [0.15, 0.2) is 57.7 Å². The van der Waals surface area contributed by atoms with Crippen LogP contribution in [0.4, 0.5) is 10.2 Å². The van der Waals surface area contributed by atoms with Crippen molar-refractivity contribution in [2.75, 3.05) is 5.32 Å². The summed E-state index contributed by atoms with van der Waals surface area (Å²) in [5.41, 5.74) is 1.49. The molecule has 0 bridgehead atoms. The van der Waals surface area contributed by atoms with E-state index in [1.165, 1.54) is 22.9 Å². The van der Waals surface area contributed by atoms with Gasteiger partial charge in [-0.3, -0.25) is 9.59 Å². The van der Waals surface area contributed by atoms with E-state index in [4.69, 9.17) is 4.42 Å². The average molecular weight is 405 g/mol. The molecule has 3 aromatic heterocycles. The highest BCUT2D eigenvalue weighted by molar-refractivity contribution is 5.94. The Bertz CT molecular complexity index is 1320. The molecule has 0 unspecified atom stereocenters. The monoisotopic (exact) mass is 405 g/mol. The van der Waals surface area contributed by atoms with Crippen molar-refractivity contribution in [1.29, 1.82) is 0 Å². The molecule has 1 amide bonds. The molecule has 4 heterocycles. The summed E-state index contributed by atoms with van der Waals surface area (Å²) in [5.74, 6) is 0.800. The van der Waals surface area contributed by atoms with Crippen LogP contribution in [-0.2, 0) is 4.79 Å². The lowest BCUT2D eigenvalue weighted by atomic mass is 9.90. The summed E-state index contributed by atoms with van der Waals surface area (Å²) in [4.78, 5) is 23.8. The molecule has 1 atom stereocenters. The number of hydrogen-bond acceptors (Lipinski definition) is 5. The van der Waals surface area contributed by atoms with Crippen LogP contribution in [0.3, 0.4) is 0 Å². The van der Waals surface area contributed by atoms with E-state index in [1.807, 2.05) is 6.92 Å². The Morgan fingerprint density at radius 1 is 1.13 bits per heavy atom. The number of rotatable bonds is 3. The first-order valence-electron chi connectivity index (χ1n) is 9.31. The normalized spacial score (nSPS) is 15.7. The molecule has 0 saturated heterocycles. The Balaban J connectivity index is 1.60. The number of nitrogens with zero attached hydrogens (tertiary/aromatic N) is 3. The van der Waals surface area contributed by atoms with Crippen molar-refractivity contribution in [1.82, 2.24) is 20.0 Å². The highest BCUT2D eigenvalue weighted by Crippen LogP contribution is 2.41. The average Bonchev–Trinajstić information content (AvgIpc) is 3.34. The summed E-state index contributed by atoms with van der Waals surface area (Å²) in [6.45, 7) is 1.83. The number of carbonyl (C=O) groups excluding carboxylic acids is 1. The van der Waals surface area contributed by atoms with Crippen LogP contribution in [0.1, 0.15) is 29.4 Å². The van der Waals surface area contributed by atoms with Gasteiger partial charge in [0.1, 0.15) is 23.2 Å². The number of furan rings is 1. The van der Waals surface area contributed by atoms with Gasteiger partial charge in [0.2, 0.25) is 5.91 Å². The first-order valence-corrected chi connectivity index (χ1v) is 9.31. The molecule has 4 aromatic rings. The van der Waals surface area contributed by atoms with Crippen molar-refractivity contribution in [3.8, 4) is 17.1 Å². The van der Waals surface area contributed by atoms with Crippen molar-refractivity contribution in [2.45, 2.75) is 19.3 Å². The second-order valence-corrected chi connectivity index (χ2v) is 7.03. The van der Waals surface area contributed by atoms with E-state index in [1.54, 1.807) is 30.3 Å². The Labute approximate surface area is 169 Å². The number of fused-ring (bicyclic) bond motifs is 1. The Morgan fingerprint density at radius 3 is 2.73 bits per heavy atom. The van der Waals surface area contributed by atoms with E-state index in [0.717, 1.165) is 5.56 Å². The fourth-order valence-corrected chi connectivity index (χ4v) is 3.76. The zero-order chi connectivity index (χ0) is 20.8. The lowest BCUT2D eigenvalue weighted by Gasteiger charge is -2.22. The Morgan fingerprint density at radius 2 is 1.97 bits per heavy atom. The fraction of sp³-hybridized carbons (Fsp3) is 0.143. The highest BCUT2D eigenvalue weighted by Gasteiger charge is 2.34. The molecule has 1 aromatic carbocycles. The van der Waals surface area contributed by atoms with Crippen LogP contribution in [0.25, 0.3) is 17.1 Å². The second kappa shape index (κ2) is 6.80. The number of carbonyl (C=O) groups is 1. The van der Waals surface area contributed by atoms with Crippen LogP contribution in [0.2, 0.25) is 0 Å². The maximum Gasteiger partial charge on any atom is 0.264 e. The summed E-state index contributed by atoms with van der Waals surface area (Å²) in [6.07, 6.45) is 0.169. The summed E-state index contributed by atoms with van der Waals surface area (Å²) >= 11 is 0. The van der Waals surface area contributed by atoms with Crippen LogP contribution >= 0.6 is 0 Å². The van der Waals surface area contributed by atoms with E-state index in [9.17, 15) is 14.0 Å². The van der Waals surface area contributed by atoms with Crippen LogP contribution in [0, 0.1) is 12.7 Å². The predicted octanol–water partition coefficient (Wildman–Crippen LogP) is 3.14. The van der Waals surface area contributed by atoms with Gasteiger partial charge >= 0.3 is 0 Å². The molecule has 8 nitrogen and oxygen atoms in total. The lowest BCUT2D eigenvalue weighted by Crippen LogP contribution is -2.25. The molecule has 30 heavy (non-hydrogen) atoms. The van der Waals surface area contributed by atoms with Crippen molar-refractivity contribution in [3.63, 3.8) is 0 Å². The molecule has 0 radical (unpaired) electrons. The van der Waals surface area contributed by atoms with Crippen molar-refractivity contribution < 1.29 is 13.6 Å². The first-order chi connectivity index (χ1) is 14.5. The predicted molar refractivity (Wildman–Crippen MR) is 106 cm³/mol. The summed E-state index contributed by atoms with van der Waals surface area (Å²) in [6, 6.07) is 12.7. The number of aromatic amines is 1. The number of anilines is 1. The van der Waals surface area contributed by atoms with Crippen LogP contribution in [0.5, 0.6) is 0 Å². The minimum absolute atomic E-state index is 0.169. The van der Waals surface area contributed by atoms with Gasteiger partial charge in [-0.25, -0.2) is 9.49 Å². The number of hydrogen-bond donors (Lipinski definition) is 2. The summed E-state index contributed by atoms with van der Waals surface area (Å²) in [7, 11) is 0. The maximum atomic E-state index is 14.1. The number of aryl methyl sites for hydroxylation is 1. The third-order valence-corrected chi connectivity index (χ3v) is 5.09. The van der Waals surface area contributed by atoms with Crippen molar-refractivity contribution in [3.05, 3.63) is 81.7 Å². The molecule has 5 rings (SSSR count). The zero-order valence-electron chi connectivity index (χ0n) is 15.8. The molecule has 150 valence electrons. The number of benzene rings is 1. The molecule has 0 fully saturated rings. The summed E-state index contributed by atoms with van der Waals surface area (Å²) < 4.78 is 21.6. The highest BCUT2D eigenvalue weighted by atomic mass is 19.1.